The first kappa shape index (κ1) is 19.5. The average molecular weight is 456 g/mol. The molecule has 0 saturated heterocycles. The van der Waals surface area contributed by atoms with Crippen molar-refractivity contribution in [2.45, 2.75) is 38.8 Å². The number of halogens is 2. The van der Waals surface area contributed by atoms with E-state index in [0.717, 1.165) is 25.9 Å². The van der Waals surface area contributed by atoms with E-state index in [1.165, 1.54) is 5.56 Å². The van der Waals surface area contributed by atoms with Crippen molar-refractivity contribution >= 4 is 31.9 Å². The molecule has 0 spiro atoms. The van der Waals surface area contributed by atoms with Gasteiger partial charge in [0.1, 0.15) is 5.69 Å². The van der Waals surface area contributed by atoms with Gasteiger partial charge in [-0.1, -0.05) is 0 Å². The van der Waals surface area contributed by atoms with Crippen LogP contribution in [0.3, 0.4) is 0 Å². The number of rotatable bonds is 5. The lowest BCUT2D eigenvalue weighted by Gasteiger charge is -2.28. The lowest BCUT2D eigenvalue weighted by Crippen LogP contribution is -2.34. The molecule has 2 rings (SSSR count). The van der Waals surface area contributed by atoms with E-state index in [0.29, 0.717) is 0 Å². The molecule has 0 aliphatic heterocycles. The van der Waals surface area contributed by atoms with Gasteiger partial charge in [-0.3, -0.25) is 9.97 Å². The second-order valence-corrected chi connectivity index (χ2v) is 8.47. The summed E-state index contributed by atoms with van der Waals surface area (Å²) in [5.74, 6) is 0. The van der Waals surface area contributed by atoms with Crippen LogP contribution in [0.5, 0.6) is 0 Å². The van der Waals surface area contributed by atoms with Crippen LogP contribution < -0.4 is 10.6 Å². The molecule has 2 aromatic heterocycles. The van der Waals surface area contributed by atoms with Crippen LogP contribution in [0.2, 0.25) is 0 Å². The van der Waals surface area contributed by atoms with Gasteiger partial charge in [0, 0.05) is 33.5 Å². The van der Waals surface area contributed by atoms with Gasteiger partial charge in [0.25, 0.3) is 0 Å². The van der Waals surface area contributed by atoms with Crippen LogP contribution in [0.25, 0.3) is 11.4 Å². The van der Waals surface area contributed by atoms with Crippen molar-refractivity contribution in [1.29, 1.82) is 0 Å². The molecule has 130 valence electrons. The first-order valence-electron chi connectivity index (χ1n) is 7.83. The summed E-state index contributed by atoms with van der Waals surface area (Å²) in [6.45, 7) is 8.56. The Morgan fingerprint density at radius 2 is 1.58 bits per heavy atom. The molecule has 0 radical (unpaired) electrons. The summed E-state index contributed by atoms with van der Waals surface area (Å²) < 4.78 is 1.91. The quantitative estimate of drug-likeness (QED) is 0.692. The van der Waals surface area contributed by atoms with E-state index in [4.69, 9.17) is 0 Å². The number of hydrogen-bond acceptors (Lipinski definition) is 4. The Labute approximate surface area is 161 Å². The summed E-state index contributed by atoms with van der Waals surface area (Å²) in [6.07, 6.45) is 3.68. The molecule has 4 nitrogen and oxygen atoms in total. The fraction of sp³-hybridized carbons (Fsp3) is 0.444. The van der Waals surface area contributed by atoms with Crippen molar-refractivity contribution in [3.05, 3.63) is 44.6 Å². The van der Waals surface area contributed by atoms with E-state index in [1.807, 2.05) is 32.6 Å². The fourth-order valence-electron chi connectivity index (χ4n) is 2.44. The Hall–Kier alpha value is -0.820. The molecule has 0 bridgehead atoms. The van der Waals surface area contributed by atoms with Gasteiger partial charge in [-0.2, -0.15) is 0 Å². The minimum absolute atomic E-state index is 0.132. The summed E-state index contributed by atoms with van der Waals surface area (Å²) >= 11 is 7.37. The molecule has 2 N–H and O–H groups in total. The number of hydrogen-bond donors (Lipinski definition) is 2. The summed E-state index contributed by atoms with van der Waals surface area (Å²) in [4.78, 5) is 9.14. The van der Waals surface area contributed by atoms with Gasteiger partial charge in [0.05, 0.1) is 10.2 Å². The molecule has 0 amide bonds. The molecule has 6 heteroatoms. The Balaban J connectivity index is 2.63. The van der Waals surface area contributed by atoms with Crippen LogP contribution in [0, 0.1) is 0 Å². The van der Waals surface area contributed by atoms with Gasteiger partial charge in [-0.05, 0) is 91.3 Å². The molecule has 24 heavy (non-hydrogen) atoms. The van der Waals surface area contributed by atoms with E-state index in [2.05, 4.69) is 86.2 Å². The third kappa shape index (κ3) is 3.72. The second kappa shape index (κ2) is 7.20. The fourth-order valence-corrected chi connectivity index (χ4v) is 4.51. The summed E-state index contributed by atoms with van der Waals surface area (Å²) in [5, 5.41) is 6.67. The van der Waals surface area contributed by atoms with Crippen LogP contribution in [-0.2, 0) is 11.1 Å². The third-order valence-corrected chi connectivity index (χ3v) is 5.95. The average Bonchev–Trinajstić information content (AvgIpc) is 2.55. The van der Waals surface area contributed by atoms with Crippen molar-refractivity contribution in [2.75, 3.05) is 14.1 Å². The van der Waals surface area contributed by atoms with Crippen LogP contribution in [0.1, 0.15) is 38.8 Å². The smallest absolute Gasteiger partial charge is 0.103 e. The topological polar surface area (TPSA) is 49.8 Å². The predicted molar refractivity (Wildman–Crippen MR) is 107 cm³/mol. The molecule has 2 heterocycles. The van der Waals surface area contributed by atoms with Crippen LogP contribution in [0.15, 0.2) is 33.5 Å². The van der Waals surface area contributed by atoms with Crippen molar-refractivity contribution in [1.82, 2.24) is 20.6 Å². The summed E-state index contributed by atoms with van der Waals surface area (Å²) in [5.41, 5.74) is 3.63. The van der Waals surface area contributed by atoms with Gasteiger partial charge in [-0.25, -0.2) is 0 Å². The predicted octanol–water partition coefficient (Wildman–Crippen LogP) is 4.58. The maximum absolute atomic E-state index is 4.60. The minimum Gasteiger partial charge on any atom is -0.311 e. The van der Waals surface area contributed by atoms with E-state index in [1.54, 1.807) is 0 Å². The molecular weight excluding hydrogens is 432 g/mol. The lowest BCUT2D eigenvalue weighted by atomic mass is 9.92. The number of pyridine rings is 2. The van der Waals surface area contributed by atoms with E-state index in [-0.39, 0.29) is 11.1 Å². The molecule has 0 unspecified atom stereocenters. The molecule has 0 atom stereocenters. The highest BCUT2D eigenvalue weighted by Crippen LogP contribution is 2.39. The summed E-state index contributed by atoms with van der Waals surface area (Å²) in [7, 11) is 3.91. The molecule has 2 aromatic rings. The Bertz CT molecular complexity index is 742. The van der Waals surface area contributed by atoms with Crippen LogP contribution in [-0.4, -0.2) is 24.1 Å². The largest absolute Gasteiger partial charge is 0.311 e. The zero-order valence-electron chi connectivity index (χ0n) is 15.0. The number of nitrogens with zero attached hydrogens (tertiary/aromatic N) is 2. The number of nitrogens with one attached hydrogen (secondary N) is 2. The summed E-state index contributed by atoms with van der Waals surface area (Å²) in [6, 6.07) is 4.12. The van der Waals surface area contributed by atoms with Crippen molar-refractivity contribution < 1.29 is 0 Å². The zero-order valence-corrected chi connectivity index (χ0v) is 18.1. The second-order valence-electron chi connectivity index (χ2n) is 6.82. The van der Waals surface area contributed by atoms with E-state index < -0.39 is 0 Å². The molecular formula is C18H24Br2N4. The van der Waals surface area contributed by atoms with Crippen LogP contribution in [0.4, 0.5) is 0 Å². The SMILES string of the molecule is CNC(C)(C)c1ccnc(-c2ncc(Br)c(C(C)(C)NC)c2Br)c1. The Morgan fingerprint density at radius 1 is 0.958 bits per heavy atom. The van der Waals surface area contributed by atoms with Crippen molar-refractivity contribution in [3.8, 4) is 11.4 Å². The Kier molecular flexibility index (Phi) is 5.85. The van der Waals surface area contributed by atoms with Gasteiger partial charge >= 0.3 is 0 Å². The van der Waals surface area contributed by atoms with Gasteiger partial charge in [0.15, 0.2) is 0 Å². The van der Waals surface area contributed by atoms with Gasteiger partial charge < -0.3 is 10.6 Å². The molecule has 0 aromatic carbocycles. The molecule has 0 aliphatic carbocycles. The number of aromatic nitrogens is 2. The maximum atomic E-state index is 4.60. The van der Waals surface area contributed by atoms with Gasteiger partial charge in [0.2, 0.25) is 0 Å². The highest BCUT2D eigenvalue weighted by molar-refractivity contribution is 9.11. The van der Waals surface area contributed by atoms with E-state index >= 15 is 0 Å². The third-order valence-electron chi connectivity index (χ3n) is 4.57. The molecule has 0 aliphatic rings. The zero-order chi connectivity index (χ0) is 18.1. The highest BCUT2D eigenvalue weighted by Gasteiger charge is 2.27. The Morgan fingerprint density at radius 3 is 2.17 bits per heavy atom. The standard InChI is InChI=1S/C18H24Br2N4/c1-17(2,21-5)11-7-8-23-13(9-11)16-15(20)14(12(19)10-24-16)18(3,4)22-6/h7-10,21-22H,1-6H3. The highest BCUT2D eigenvalue weighted by atomic mass is 79.9. The monoisotopic (exact) mass is 454 g/mol. The maximum Gasteiger partial charge on any atom is 0.103 e. The lowest BCUT2D eigenvalue weighted by molar-refractivity contribution is 0.440. The normalized spacial score (nSPS) is 12.5. The van der Waals surface area contributed by atoms with Crippen LogP contribution >= 0.6 is 31.9 Å². The first-order valence-corrected chi connectivity index (χ1v) is 9.42. The first-order chi connectivity index (χ1) is 11.1. The van der Waals surface area contributed by atoms with Crippen molar-refractivity contribution in [2.24, 2.45) is 0 Å². The van der Waals surface area contributed by atoms with Gasteiger partial charge in [-0.15, -0.1) is 0 Å². The van der Waals surface area contributed by atoms with E-state index in [9.17, 15) is 0 Å². The molecule has 0 saturated carbocycles. The van der Waals surface area contributed by atoms with Crippen molar-refractivity contribution in [3.63, 3.8) is 0 Å². The minimum atomic E-state index is -0.211. The molecule has 0 fully saturated rings.